The first-order chi connectivity index (χ1) is 10.2. The van der Waals surface area contributed by atoms with E-state index < -0.39 is 0 Å². The highest BCUT2D eigenvalue weighted by Crippen LogP contribution is 2.18. The smallest absolute Gasteiger partial charge is 0.0543 e. The number of nitrogens with two attached hydrogens (primary N) is 1. The minimum absolute atomic E-state index is 0.101. The topological polar surface area (TPSA) is 42.1 Å². The van der Waals surface area contributed by atoms with Crippen LogP contribution in [0.5, 0.6) is 0 Å². The molecule has 0 spiro atoms. The number of pyridine rings is 1. The van der Waals surface area contributed by atoms with Crippen molar-refractivity contribution in [2.45, 2.75) is 32.9 Å². The van der Waals surface area contributed by atoms with Crippen molar-refractivity contribution in [3.8, 4) is 0 Å². The highest BCUT2D eigenvalue weighted by molar-refractivity contribution is 5.28. The number of benzene rings is 1. The summed E-state index contributed by atoms with van der Waals surface area (Å²) in [5.74, 6) is 0. The van der Waals surface area contributed by atoms with E-state index in [0.717, 1.165) is 31.7 Å². The Morgan fingerprint density at radius 2 is 1.90 bits per heavy atom. The molecule has 0 aliphatic heterocycles. The lowest BCUT2D eigenvalue weighted by Gasteiger charge is -2.22. The fraction of sp³-hybridized carbons (Fsp3) is 0.389. The van der Waals surface area contributed by atoms with Crippen LogP contribution in [0.3, 0.4) is 0 Å². The lowest BCUT2D eigenvalue weighted by atomic mass is 9.99. The summed E-state index contributed by atoms with van der Waals surface area (Å²) < 4.78 is 0. The van der Waals surface area contributed by atoms with Crippen LogP contribution in [0.15, 0.2) is 48.7 Å². The molecule has 0 saturated carbocycles. The maximum absolute atomic E-state index is 6.35. The Bertz CT molecular complexity index is 539. The van der Waals surface area contributed by atoms with Crippen LogP contribution in [0.2, 0.25) is 0 Å². The van der Waals surface area contributed by atoms with E-state index in [1.165, 1.54) is 11.1 Å². The predicted molar refractivity (Wildman–Crippen MR) is 87.9 cm³/mol. The van der Waals surface area contributed by atoms with Crippen LogP contribution in [-0.4, -0.2) is 23.0 Å². The highest BCUT2D eigenvalue weighted by Gasteiger charge is 2.11. The van der Waals surface area contributed by atoms with Crippen molar-refractivity contribution >= 4 is 0 Å². The van der Waals surface area contributed by atoms with Gasteiger partial charge in [-0.15, -0.1) is 0 Å². The monoisotopic (exact) mass is 283 g/mol. The molecule has 2 N–H and O–H groups in total. The number of aryl methyl sites for hydroxylation is 1. The Kier molecular flexibility index (Phi) is 5.90. The zero-order valence-electron chi connectivity index (χ0n) is 13.0. The molecule has 3 nitrogen and oxygen atoms in total. The van der Waals surface area contributed by atoms with Gasteiger partial charge in [0.2, 0.25) is 0 Å². The minimum Gasteiger partial charge on any atom is -0.324 e. The van der Waals surface area contributed by atoms with E-state index in [0.29, 0.717) is 0 Å². The molecule has 21 heavy (non-hydrogen) atoms. The van der Waals surface area contributed by atoms with Gasteiger partial charge in [0.1, 0.15) is 0 Å². The molecule has 0 amide bonds. The number of aromatic nitrogens is 1. The van der Waals surface area contributed by atoms with E-state index in [9.17, 15) is 0 Å². The van der Waals surface area contributed by atoms with Crippen LogP contribution in [0, 0.1) is 6.92 Å². The maximum Gasteiger partial charge on any atom is 0.0543 e. The van der Waals surface area contributed by atoms with Crippen LogP contribution in [-0.2, 0) is 6.54 Å². The second kappa shape index (κ2) is 7.91. The van der Waals surface area contributed by atoms with E-state index in [-0.39, 0.29) is 6.04 Å². The lowest BCUT2D eigenvalue weighted by Crippen LogP contribution is -2.27. The first kappa shape index (κ1) is 15.7. The third-order valence-electron chi connectivity index (χ3n) is 3.90. The molecule has 0 aliphatic rings. The standard InChI is InChI=1S/C18H25N3/c1-3-21(14-16-9-6-7-12-20-16)13-11-18(19)17-10-5-4-8-15(17)2/h4-10,12,18H,3,11,13-14,19H2,1-2H3. The van der Waals surface area contributed by atoms with Crippen molar-refractivity contribution in [2.24, 2.45) is 5.73 Å². The van der Waals surface area contributed by atoms with Crippen LogP contribution >= 0.6 is 0 Å². The maximum atomic E-state index is 6.35. The first-order valence-electron chi connectivity index (χ1n) is 7.64. The van der Waals surface area contributed by atoms with Gasteiger partial charge in [-0.3, -0.25) is 9.88 Å². The molecule has 0 fully saturated rings. The van der Waals surface area contributed by atoms with Crippen molar-refractivity contribution in [2.75, 3.05) is 13.1 Å². The SMILES string of the molecule is CCN(CCC(N)c1ccccc1C)Cc1ccccn1. The Morgan fingerprint density at radius 1 is 1.14 bits per heavy atom. The number of hydrogen-bond acceptors (Lipinski definition) is 3. The molecule has 2 aromatic rings. The summed E-state index contributed by atoms with van der Waals surface area (Å²) in [4.78, 5) is 6.78. The van der Waals surface area contributed by atoms with Gasteiger partial charge in [-0.05, 0) is 43.1 Å². The molecule has 0 radical (unpaired) electrons. The molecular weight excluding hydrogens is 258 g/mol. The molecule has 2 rings (SSSR count). The van der Waals surface area contributed by atoms with Gasteiger partial charge < -0.3 is 5.73 Å². The fourth-order valence-electron chi connectivity index (χ4n) is 2.55. The van der Waals surface area contributed by atoms with E-state index in [1.54, 1.807) is 0 Å². The zero-order chi connectivity index (χ0) is 15.1. The van der Waals surface area contributed by atoms with Crippen molar-refractivity contribution in [3.05, 3.63) is 65.5 Å². The first-order valence-corrected chi connectivity index (χ1v) is 7.64. The molecule has 1 atom stereocenters. The predicted octanol–water partition coefficient (Wildman–Crippen LogP) is 3.30. The number of nitrogens with zero attached hydrogens (tertiary/aromatic N) is 2. The Labute approximate surface area is 127 Å². The van der Waals surface area contributed by atoms with Crippen LogP contribution in [0.25, 0.3) is 0 Å². The summed E-state index contributed by atoms with van der Waals surface area (Å²) in [6, 6.07) is 14.5. The van der Waals surface area contributed by atoms with Gasteiger partial charge in [0.15, 0.2) is 0 Å². The molecule has 0 saturated heterocycles. The molecular formula is C18H25N3. The van der Waals surface area contributed by atoms with Crippen molar-refractivity contribution in [3.63, 3.8) is 0 Å². The van der Waals surface area contributed by atoms with Gasteiger partial charge >= 0.3 is 0 Å². The van der Waals surface area contributed by atoms with E-state index in [4.69, 9.17) is 5.73 Å². The van der Waals surface area contributed by atoms with Crippen molar-refractivity contribution < 1.29 is 0 Å². The summed E-state index contributed by atoms with van der Waals surface area (Å²) in [6.45, 7) is 7.19. The molecule has 1 unspecified atom stereocenters. The molecule has 0 aliphatic carbocycles. The quantitative estimate of drug-likeness (QED) is 0.847. The number of hydrogen-bond donors (Lipinski definition) is 1. The van der Waals surface area contributed by atoms with Crippen molar-refractivity contribution in [1.29, 1.82) is 0 Å². The summed E-state index contributed by atoms with van der Waals surface area (Å²) in [5.41, 5.74) is 10.00. The van der Waals surface area contributed by atoms with E-state index in [2.05, 4.69) is 54.1 Å². The molecule has 1 aromatic carbocycles. The third kappa shape index (κ3) is 4.66. The van der Waals surface area contributed by atoms with Gasteiger partial charge in [0, 0.05) is 25.3 Å². The average molecular weight is 283 g/mol. The molecule has 112 valence electrons. The van der Waals surface area contributed by atoms with Gasteiger partial charge in [-0.1, -0.05) is 37.3 Å². The third-order valence-corrected chi connectivity index (χ3v) is 3.90. The summed E-state index contributed by atoms with van der Waals surface area (Å²) >= 11 is 0. The molecule has 1 aromatic heterocycles. The average Bonchev–Trinajstić information content (AvgIpc) is 2.52. The van der Waals surface area contributed by atoms with Crippen molar-refractivity contribution in [1.82, 2.24) is 9.88 Å². The minimum atomic E-state index is 0.101. The summed E-state index contributed by atoms with van der Waals surface area (Å²) in [5, 5.41) is 0. The van der Waals surface area contributed by atoms with Crippen LogP contribution in [0.4, 0.5) is 0 Å². The Morgan fingerprint density at radius 3 is 2.57 bits per heavy atom. The summed E-state index contributed by atoms with van der Waals surface area (Å²) in [6.07, 6.45) is 2.81. The van der Waals surface area contributed by atoms with Crippen LogP contribution < -0.4 is 5.73 Å². The second-order valence-corrected chi connectivity index (χ2v) is 5.44. The number of rotatable bonds is 7. The Balaban J connectivity index is 1.90. The normalized spacial score (nSPS) is 12.6. The Hall–Kier alpha value is -1.71. The largest absolute Gasteiger partial charge is 0.324 e. The molecule has 0 bridgehead atoms. The second-order valence-electron chi connectivity index (χ2n) is 5.44. The van der Waals surface area contributed by atoms with Gasteiger partial charge in [0.05, 0.1) is 5.69 Å². The molecule has 1 heterocycles. The van der Waals surface area contributed by atoms with E-state index in [1.807, 2.05) is 18.3 Å². The van der Waals surface area contributed by atoms with Gasteiger partial charge in [-0.2, -0.15) is 0 Å². The fourth-order valence-corrected chi connectivity index (χ4v) is 2.55. The van der Waals surface area contributed by atoms with Gasteiger partial charge in [0.25, 0.3) is 0 Å². The zero-order valence-corrected chi connectivity index (χ0v) is 13.0. The highest BCUT2D eigenvalue weighted by atomic mass is 15.1. The summed E-state index contributed by atoms with van der Waals surface area (Å²) in [7, 11) is 0. The van der Waals surface area contributed by atoms with Gasteiger partial charge in [-0.25, -0.2) is 0 Å². The van der Waals surface area contributed by atoms with E-state index >= 15 is 0 Å². The van der Waals surface area contributed by atoms with Crippen LogP contribution in [0.1, 0.15) is 36.2 Å². The molecule has 3 heteroatoms. The lowest BCUT2D eigenvalue weighted by molar-refractivity contribution is 0.265.